The maximum atomic E-state index is 13.4. The van der Waals surface area contributed by atoms with E-state index < -0.39 is 39.5 Å². The van der Waals surface area contributed by atoms with Crippen LogP contribution in [0.1, 0.15) is 0 Å². The van der Waals surface area contributed by atoms with Crippen LogP contribution in [0.15, 0.2) is 21.5 Å². The van der Waals surface area contributed by atoms with Crippen molar-refractivity contribution in [1.82, 2.24) is 4.31 Å². The molecule has 18 heavy (non-hydrogen) atoms. The zero-order chi connectivity index (χ0) is 14.1. The molecule has 1 aromatic rings. The lowest BCUT2D eigenvalue weighted by Crippen LogP contribution is -2.32. The number of hydrogen-bond acceptors (Lipinski definition) is 2. The number of benzene rings is 1. The molecule has 0 aliphatic heterocycles. The van der Waals surface area contributed by atoms with Gasteiger partial charge in [0.1, 0.15) is 16.5 Å². The molecule has 0 amide bonds. The van der Waals surface area contributed by atoms with Gasteiger partial charge in [0.2, 0.25) is 10.0 Å². The summed E-state index contributed by atoms with van der Waals surface area (Å²) < 4.78 is 74.1. The zero-order valence-electron chi connectivity index (χ0n) is 9.00. The van der Waals surface area contributed by atoms with Crippen molar-refractivity contribution in [3.8, 4) is 0 Å². The highest BCUT2D eigenvalue weighted by molar-refractivity contribution is 9.10. The van der Waals surface area contributed by atoms with E-state index in [0.29, 0.717) is 10.4 Å². The smallest absolute Gasteiger partial charge is 0.209 e. The first-order chi connectivity index (χ1) is 8.16. The van der Waals surface area contributed by atoms with Crippen molar-refractivity contribution in [3.63, 3.8) is 0 Å². The summed E-state index contributed by atoms with van der Waals surface area (Å²) in [5.74, 6) is -2.32. The van der Waals surface area contributed by atoms with Crippen LogP contribution >= 0.6 is 15.9 Å². The molecule has 0 aliphatic rings. The van der Waals surface area contributed by atoms with Crippen LogP contribution in [0.25, 0.3) is 0 Å². The summed E-state index contributed by atoms with van der Waals surface area (Å²) in [6, 6.07) is 1.11. The molecule has 0 unspecified atom stereocenters. The predicted octanol–water partition coefficient (Wildman–Crippen LogP) is 2.61. The Kier molecular flexibility index (Phi) is 4.73. The minimum absolute atomic E-state index is 0.304. The number of sulfonamides is 1. The molecular formula is C9H8BrF4NO2S. The topological polar surface area (TPSA) is 37.4 Å². The van der Waals surface area contributed by atoms with Gasteiger partial charge in [-0.1, -0.05) is 0 Å². The second-order valence-corrected chi connectivity index (χ2v) is 6.21. The van der Waals surface area contributed by atoms with Gasteiger partial charge in [-0.25, -0.2) is 26.0 Å². The maximum Gasteiger partial charge on any atom is 0.252 e. The Hall–Kier alpha value is -0.670. The quantitative estimate of drug-likeness (QED) is 0.783. The first-order valence-corrected chi connectivity index (χ1v) is 6.78. The van der Waals surface area contributed by atoms with Gasteiger partial charge < -0.3 is 0 Å². The van der Waals surface area contributed by atoms with Crippen LogP contribution in [0.2, 0.25) is 0 Å². The van der Waals surface area contributed by atoms with Crippen molar-refractivity contribution in [2.45, 2.75) is 11.3 Å². The molecule has 0 fully saturated rings. The average Bonchev–Trinajstić information content (AvgIpc) is 2.13. The van der Waals surface area contributed by atoms with Gasteiger partial charge in [-0.2, -0.15) is 4.31 Å². The SMILES string of the molecule is CN(CC(F)F)S(=O)(=O)c1c(F)cc(F)cc1Br. The standard InChI is InChI=1S/C9H8BrF4NO2S/c1-15(4-8(13)14)18(16,17)9-6(10)2-5(11)3-7(9)12/h2-3,8H,4H2,1H3. The van der Waals surface area contributed by atoms with Crippen molar-refractivity contribution in [2.75, 3.05) is 13.6 Å². The van der Waals surface area contributed by atoms with Gasteiger partial charge >= 0.3 is 0 Å². The summed E-state index contributed by atoms with van der Waals surface area (Å²) in [5, 5.41) is 0. The average molecular weight is 350 g/mol. The third kappa shape index (κ3) is 3.21. The molecule has 0 bridgehead atoms. The molecule has 9 heteroatoms. The molecule has 0 aromatic heterocycles. The van der Waals surface area contributed by atoms with Crippen LogP contribution < -0.4 is 0 Å². The molecule has 102 valence electrons. The number of nitrogens with zero attached hydrogens (tertiary/aromatic N) is 1. The lowest BCUT2D eigenvalue weighted by Gasteiger charge is -2.18. The van der Waals surface area contributed by atoms with Crippen LogP contribution in [0.4, 0.5) is 17.6 Å². The second kappa shape index (κ2) is 5.54. The normalized spacial score (nSPS) is 12.4. The molecule has 0 atom stereocenters. The maximum absolute atomic E-state index is 13.4. The highest BCUT2D eigenvalue weighted by Crippen LogP contribution is 2.28. The van der Waals surface area contributed by atoms with Crippen LogP contribution in [0, 0.1) is 11.6 Å². The van der Waals surface area contributed by atoms with E-state index in [1.807, 2.05) is 0 Å². The molecule has 0 saturated heterocycles. The van der Waals surface area contributed by atoms with E-state index in [-0.39, 0.29) is 4.47 Å². The van der Waals surface area contributed by atoms with Crippen LogP contribution in [-0.2, 0) is 10.0 Å². The fraction of sp³-hybridized carbons (Fsp3) is 0.333. The summed E-state index contributed by atoms with van der Waals surface area (Å²) in [7, 11) is -3.56. The van der Waals surface area contributed by atoms with Crippen LogP contribution in [-0.4, -0.2) is 32.7 Å². The van der Waals surface area contributed by atoms with Gasteiger partial charge in [0.25, 0.3) is 6.43 Å². The molecule has 0 spiro atoms. The Morgan fingerprint density at radius 1 is 1.33 bits per heavy atom. The molecule has 0 N–H and O–H groups in total. The first kappa shape index (κ1) is 15.4. The molecule has 1 rings (SSSR count). The van der Waals surface area contributed by atoms with E-state index in [4.69, 9.17) is 0 Å². The van der Waals surface area contributed by atoms with E-state index in [2.05, 4.69) is 15.9 Å². The van der Waals surface area contributed by atoms with Crippen LogP contribution in [0.5, 0.6) is 0 Å². The minimum Gasteiger partial charge on any atom is -0.209 e. The van der Waals surface area contributed by atoms with E-state index in [0.717, 1.165) is 13.1 Å². The van der Waals surface area contributed by atoms with Gasteiger partial charge in [0.05, 0.1) is 6.54 Å². The van der Waals surface area contributed by atoms with Gasteiger partial charge in [-0.3, -0.25) is 0 Å². The van der Waals surface area contributed by atoms with Crippen molar-refractivity contribution >= 4 is 26.0 Å². The van der Waals surface area contributed by atoms with Gasteiger partial charge in [-0.05, 0) is 22.0 Å². The third-order valence-corrected chi connectivity index (χ3v) is 4.81. The second-order valence-electron chi connectivity index (χ2n) is 3.38. The predicted molar refractivity (Wildman–Crippen MR) is 59.9 cm³/mol. The van der Waals surface area contributed by atoms with Crippen molar-refractivity contribution in [1.29, 1.82) is 0 Å². The number of hydrogen-bond donors (Lipinski definition) is 0. The highest BCUT2D eigenvalue weighted by Gasteiger charge is 2.29. The number of halogens is 5. The highest BCUT2D eigenvalue weighted by atomic mass is 79.9. The summed E-state index contributed by atoms with van der Waals surface area (Å²) in [4.78, 5) is -0.868. The Bertz CT molecular complexity index is 526. The Labute approximate surface area is 110 Å². The van der Waals surface area contributed by atoms with Gasteiger partial charge in [0, 0.05) is 17.6 Å². The van der Waals surface area contributed by atoms with E-state index in [9.17, 15) is 26.0 Å². The Balaban J connectivity index is 3.29. The van der Waals surface area contributed by atoms with Crippen LogP contribution in [0.3, 0.4) is 0 Å². The van der Waals surface area contributed by atoms with Crippen molar-refractivity contribution in [3.05, 3.63) is 28.2 Å². The van der Waals surface area contributed by atoms with Crippen molar-refractivity contribution in [2.24, 2.45) is 0 Å². The lowest BCUT2D eigenvalue weighted by atomic mass is 10.3. The molecule has 0 heterocycles. The molecule has 0 aliphatic carbocycles. The summed E-state index contributed by atoms with van der Waals surface area (Å²) >= 11 is 2.69. The molecule has 3 nitrogen and oxygen atoms in total. The molecule has 0 saturated carbocycles. The molecule has 1 aromatic carbocycles. The van der Waals surface area contributed by atoms with E-state index in [1.165, 1.54) is 0 Å². The lowest BCUT2D eigenvalue weighted by molar-refractivity contribution is 0.126. The summed E-state index contributed by atoms with van der Waals surface area (Å²) in [6.07, 6.45) is -2.90. The Morgan fingerprint density at radius 2 is 1.89 bits per heavy atom. The fourth-order valence-electron chi connectivity index (χ4n) is 1.22. The number of alkyl halides is 2. The third-order valence-electron chi connectivity index (χ3n) is 2.03. The Morgan fingerprint density at radius 3 is 2.33 bits per heavy atom. The minimum atomic E-state index is -4.45. The fourth-order valence-corrected chi connectivity index (χ4v) is 3.48. The van der Waals surface area contributed by atoms with Crippen molar-refractivity contribution < 1.29 is 26.0 Å². The van der Waals surface area contributed by atoms with Gasteiger partial charge in [-0.15, -0.1) is 0 Å². The zero-order valence-corrected chi connectivity index (χ0v) is 11.4. The summed E-state index contributed by atoms with van der Waals surface area (Å²) in [5.41, 5.74) is 0. The van der Waals surface area contributed by atoms with E-state index in [1.54, 1.807) is 0 Å². The monoisotopic (exact) mass is 349 g/mol. The largest absolute Gasteiger partial charge is 0.252 e. The van der Waals surface area contributed by atoms with E-state index >= 15 is 0 Å². The number of rotatable bonds is 4. The van der Waals surface area contributed by atoms with Gasteiger partial charge in [0.15, 0.2) is 0 Å². The molecule has 0 radical (unpaired) electrons. The first-order valence-electron chi connectivity index (χ1n) is 4.55. The molecular weight excluding hydrogens is 342 g/mol. The summed E-state index contributed by atoms with van der Waals surface area (Å²) in [6.45, 7) is -1.08.